The molecule has 19 heavy (non-hydrogen) atoms. The maximum atomic E-state index is 5.40. The topological polar surface area (TPSA) is 43.0 Å². The Labute approximate surface area is 122 Å². The van der Waals surface area contributed by atoms with Crippen LogP contribution in [0, 0.1) is 6.92 Å². The third kappa shape index (κ3) is 2.92. The molecule has 1 atom stereocenters. The van der Waals surface area contributed by atoms with Crippen LogP contribution in [-0.4, -0.2) is 16.8 Å². The zero-order valence-corrected chi connectivity index (χ0v) is 13.4. The van der Waals surface area contributed by atoms with Crippen LogP contribution in [0.1, 0.15) is 35.7 Å². The van der Waals surface area contributed by atoms with Crippen molar-refractivity contribution in [2.45, 2.75) is 32.7 Å². The van der Waals surface area contributed by atoms with Crippen LogP contribution in [0.25, 0.3) is 0 Å². The van der Waals surface area contributed by atoms with Crippen LogP contribution in [0.3, 0.4) is 0 Å². The molecule has 104 valence electrons. The molecule has 0 aromatic carbocycles. The van der Waals surface area contributed by atoms with Crippen molar-refractivity contribution >= 4 is 15.9 Å². The fraction of sp³-hybridized carbons (Fsp3) is 0.500. The standard InChI is InChI=1S/C14H20BrN3O/c1-5-11-14(15)13(18(4)17-11)7-12(16-3)10-6-9(2)19-8-10/h6,8,12,16H,5,7H2,1-4H3. The third-order valence-corrected chi connectivity index (χ3v) is 4.32. The molecule has 0 aliphatic heterocycles. The van der Waals surface area contributed by atoms with Crippen LogP contribution >= 0.6 is 15.9 Å². The molecular formula is C14H20BrN3O. The summed E-state index contributed by atoms with van der Waals surface area (Å²) >= 11 is 3.66. The smallest absolute Gasteiger partial charge is 0.101 e. The van der Waals surface area contributed by atoms with Gasteiger partial charge in [0.2, 0.25) is 0 Å². The Kier molecular flexibility index (Phi) is 4.47. The van der Waals surface area contributed by atoms with Gasteiger partial charge in [-0.25, -0.2) is 0 Å². The monoisotopic (exact) mass is 325 g/mol. The van der Waals surface area contributed by atoms with E-state index < -0.39 is 0 Å². The van der Waals surface area contributed by atoms with Gasteiger partial charge in [0.25, 0.3) is 0 Å². The Morgan fingerprint density at radius 1 is 1.53 bits per heavy atom. The predicted molar refractivity (Wildman–Crippen MR) is 79.2 cm³/mol. The molecule has 0 fully saturated rings. The van der Waals surface area contributed by atoms with E-state index in [0.29, 0.717) is 0 Å². The fourth-order valence-electron chi connectivity index (χ4n) is 2.27. The van der Waals surface area contributed by atoms with Crippen LogP contribution in [0.15, 0.2) is 21.2 Å². The van der Waals surface area contributed by atoms with Gasteiger partial charge >= 0.3 is 0 Å². The lowest BCUT2D eigenvalue weighted by molar-refractivity contribution is 0.515. The number of halogens is 1. The highest BCUT2D eigenvalue weighted by molar-refractivity contribution is 9.10. The summed E-state index contributed by atoms with van der Waals surface area (Å²) in [5, 5.41) is 7.87. The van der Waals surface area contributed by atoms with E-state index in [9.17, 15) is 0 Å². The number of furan rings is 1. The van der Waals surface area contributed by atoms with E-state index in [4.69, 9.17) is 4.42 Å². The molecule has 0 amide bonds. The quantitative estimate of drug-likeness (QED) is 0.918. The SMILES string of the molecule is CCc1nn(C)c(CC(NC)c2coc(C)c2)c1Br. The molecule has 2 heterocycles. The second-order valence-corrected chi connectivity index (χ2v) is 5.51. The molecule has 5 heteroatoms. The number of hydrogen-bond donors (Lipinski definition) is 1. The van der Waals surface area contributed by atoms with Crippen molar-refractivity contribution in [3.63, 3.8) is 0 Å². The van der Waals surface area contributed by atoms with E-state index in [1.54, 1.807) is 0 Å². The van der Waals surface area contributed by atoms with Crippen molar-refractivity contribution < 1.29 is 4.42 Å². The summed E-state index contributed by atoms with van der Waals surface area (Å²) in [5.74, 6) is 0.938. The molecule has 0 saturated carbocycles. The largest absolute Gasteiger partial charge is 0.469 e. The number of aryl methyl sites for hydroxylation is 3. The lowest BCUT2D eigenvalue weighted by Crippen LogP contribution is -2.19. The molecule has 2 aromatic rings. The average Bonchev–Trinajstić information content (AvgIpc) is 2.92. The third-order valence-electron chi connectivity index (χ3n) is 3.40. The van der Waals surface area contributed by atoms with Gasteiger partial charge in [-0.15, -0.1) is 0 Å². The van der Waals surface area contributed by atoms with E-state index in [2.05, 4.69) is 39.3 Å². The molecule has 4 nitrogen and oxygen atoms in total. The lowest BCUT2D eigenvalue weighted by atomic mass is 10.0. The van der Waals surface area contributed by atoms with E-state index in [0.717, 1.165) is 28.8 Å². The molecule has 0 spiro atoms. The summed E-state index contributed by atoms with van der Waals surface area (Å²) in [6.07, 6.45) is 3.63. The number of rotatable bonds is 5. The zero-order valence-electron chi connectivity index (χ0n) is 11.8. The molecule has 0 aliphatic carbocycles. The van der Waals surface area contributed by atoms with Gasteiger partial charge in [-0.1, -0.05) is 6.92 Å². The molecule has 0 aliphatic rings. The summed E-state index contributed by atoms with van der Waals surface area (Å²) < 4.78 is 8.48. The minimum atomic E-state index is 0.230. The molecule has 0 bridgehead atoms. The molecule has 1 unspecified atom stereocenters. The first kappa shape index (κ1) is 14.3. The Bertz CT molecular complexity index is 559. The Morgan fingerprint density at radius 2 is 2.26 bits per heavy atom. The van der Waals surface area contributed by atoms with Crippen LogP contribution in [0.4, 0.5) is 0 Å². The summed E-state index contributed by atoms with van der Waals surface area (Å²) in [7, 11) is 3.96. The van der Waals surface area contributed by atoms with Gasteiger partial charge < -0.3 is 9.73 Å². The van der Waals surface area contributed by atoms with Crippen molar-refractivity contribution in [3.05, 3.63) is 39.5 Å². The number of aromatic nitrogens is 2. The van der Waals surface area contributed by atoms with Crippen LogP contribution < -0.4 is 5.32 Å². The molecule has 0 saturated heterocycles. The van der Waals surface area contributed by atoms with E-state index in [1.165, 1.54) is 11.3 Å². The average molecular weight is 326 g/mol. The van der Waals surface area contributed by atoms with Crippen LogP contribution in [0.5, 0.6) is 0 Å². The summed E-state index contributed by atoms with van der Waals surface area (Å²) in [6.45, 7) is 4.08. The van der Waals surface area contributed by atoms with Gasteiger partial charge in [0.05, 0.1) is 22.1 Å². The normalized spacial score (nSPS) is 12.9. The molecule has 2 aromatic heterocycles. The van der Waals surface area contributed by atoms with Crippen molar-refractivity contribution in [1.82, 2.24) is 15.1 Å². The lowest BCUT2D eigenvalue weighted by Gasteiger charge is -2.14. The summed E-state index contributed by atoms with van der Waals surface area (Å²) in [5.41, 5.74) is 3.48. The van der Waals surface area contributed by atoms with Gasteiger partial charge in [0.1, 0.15) is 5.76 Å². The highest BCUT2D eigenvalue weighted by Gasteiger charge is 2.19. The fourth-order valence-corrected chi connectivity index (χ4v) is 3.05. The van der Waals surface area contributed by atoms with Crippen LogP contribution in [-0.2, 0) is 19.9 Å². The maximum Gasteiger partial charge on any atom is 0.101 e. The highest BCUT2D eigenvalue weighted by Crippen LogP contribution is 2.27. The first-order chi connectivity index (χ1) is 9.06. The zero-order chi connectivity index (χ0) is 14.0. The van der Waals surface area contributed by atoms with E-state index in [1.807, 2.05) is 32.0 Å². The number of nitrogens with one attached hydrogen (secondary N) is 1. The number of nitrogens with zero attached hydrogens (tertiary/aromatic N) is 2. The molecule has 0 radical (unpaired) electrons. The second kappa shape index (κ2) is 5.92. The van der Waals surface area contributed by atoms with Gasteiger partial charge in [0, 0.05) is 25.1 Å². The summed E-state index contributed by atoms with van der Waals surface area (Å²) in [6, 6.07) is 2.31. The molecular weight excluding hydrogens is 306 g/mol. The first-order valence-electron chi connectivity index (χ1n) is 6.49. The number of hydrogen-bond acceptors (Lipinski definition) is 3. The van der Waals surface area contributed by atoms with Crippen molar-refractivity contribution in [2.24, 2.45) is 7.05 Å². The van der Waals surface area contributed by atoms with Crippen molar-refractivity contribution in [3.8, 4) is 0 Å². The van der Waals surface area contributed by atoms with Crippen LogP contribution in [0.2, 0.25) is 0 Å². The molecule has 1 N–H and O–H groups in total. The maximum absolute atomic E-state index is 5.40. The van der Waals surface area contributed by atoms with Gasteiger partial charge in [0.15, 0.2) is 0 Å². The van der Waals surface area contributed by atoms with Crippen molar-refractivity contribution in [1.29, 1.82) is 0 Å². The second-order valence-electron chi connectivity index (χ2n) is 4.72. The van der Waals surface area contributed by atoms with E-state index >= 15 is 0 Å². The minimum Gasteiger partial charge on any atom is -0.469 e. The Morgan fingerprint density at radius 3 is 2.74 bits per heavy atom. The highest BCUT2D eigenvalue weighted by atomic mass is 79.9. The molecule has 2 rings (SSSR count). The predicted octanol–water partition coefficient (Wildman–Crippen LogP) is 3.15. The minimum absolute atomic E-state index is 0.230. The van der Waals surface area contributed by atoms with Crippen molar-refractivity contribution in [2.75, 3.05) is 7.05 Å². The van der Waals surface area contributed by atoms with Gasteiger partial charge in [-0.05, 0) is 42.4 Å². The summed E-state index contributed by atoms with van der Waals surface area (Å²) in [4.78, 5) is 0. The van der Waals surface area contributed by atoms with Gasteiger partial charge in [-0.2, -0.15) is 5.10 Å². The number of likely N-dealkylation sites (N-methyl/N-ethyl adjacent to an activating group) is 1. The van der Waals surface area contributed by atoms with E-state index in [-0.39, 0.29) is 6.04 Å². The Hall–Kier alpha value is -1.07. The Balaban J connectivity index is 2.26. The van der Waals surface area contributed by atoms with Gasteiger partial charge in [-0.3, -0.25) is 4.68 Å². The first-order valence-corrected chi connectivity index (χ1v) is 7.28.